The van der Waals surface area contributed by atoms with Crippen molar-refractivity contribution in [2.24, 2.45) is 5.73 Å². The fraction of sp³-hybridized carbons (Fsp3) is 0.364. The number of nitrogens with one attached hydrogen (secondary N) is 1. The van der Waals surface area contributed by atoms with Gasteiger partial charge in [0.05, 0.1) is 12.1 Å². The van der Waals surface area contributed by atoms with Crippen LogP contribution in [0.1, 0.15) is 25.5 Å². The van der Waals surface area contributed by atoms with Crippen LogP contribution in [-0.4, -0.2) is 11.9 Å². The molecule has 0 fully saturated rings. The monoisotopic (exact) mass is 270 g/mol. The molecule has 0 aliphatic rings. The van der Waals surface area contributed by atoms with Crippen molar-refractivity contribution in [2.75, 3.05) is 0 Å². The fourth-order valence-corrected chi connectivity index (χ4v) is 1.88. The summed E-state index contributed by atoms with van der Waals surface area (Å²) in [5.74, 6) is -0.141. The first-order valence-electron chi connectivity index (χ1n) is 4.82. The summed E-state index contributed by atoms with van der Waals surface area (Å²) in [5.41, 5.74) is 6.52. The molecule has 1 aromatic rings. The van der Waals surface area contributed by atoms with Gasteiger partial charge in [-0.3, -0.25) is 4.79 Å². The Hall–Kier alpha value is -0.870. The van der Waals surface area contributed by atoms with Crippen LogP contribution in [0.4, 0.5) is 0 Å². The lowest BCUT2D eigenvalue weighted by molar-refractivity contribution is -0.122. The van der Waals surface area contributed by atoms with Gasteiger partial charge >= 0.3 is 0 Å². The van der Waals surface area contributed by atoms with E-state index in [1.165, 1.54) is 0 Å². The second-order valence-corrected chi connectivity index (χ2v) is 4.39. The van der Waals surface area contributed by atoms with Crippen LogP contribution in [0.2, 0.25) is 0 Å². The third kappa shape index (κ3) is 3.32. The second-order valence-electron chi connectivity index (χ2n) is 3.54. The Morgan fingerprint density at radius 3 is 2.53 bits per heavy atom. The highest BCUT2D eigenvalue weighted by Gasteiger charge is 2.13. The molecule has 3 N–H and O–H groups in total. The molecule has 1 unspecified atom stereocenters. The number of hydrogen-bond acceptors (Lipinski definition) is 2. The number of amides is 1. The van der Waals surface area contributed by atoms with E-state index < -0.39 is 6.04 Å². The van der Waals surface area contributed by atoms with Crippen LogP contribution in [-0.2, 0) is 4.79 Å². The summed E-state index contributed by atoms with van der Waals surface area (Å²) >= 11 is 3.44. The van der Waals surface area contributed by atoms with Crippen LogP contribution < -0.4 is 11.1 Å². The van der Waals surface area contributed by atoms with Crippen molar-refractivity contribution in [3.63, 3.8) is 0 Å². The molecule has 1 rings (SSSR count). The van der Waals surface area contributed by atoms with Crippen molar-refractivity contribution >= 4 is 21.8 Å². The molecule has 0 aromatic heterocycles. The molecule has 0 saturated heterocycles. The molecule has 0 bridgehead atoms. The first-order chi connectivity index (χ1) is 7.02. The number of benzene rings is 1. The number of carbonyl (C=O) groups excluding carboxylic acids is 1. The molecule has 2 atom stereocenters. The normalized spacial score (nSPS) is 14.4. The minimum atomic E-state index is -0.477. The molecule has 0 spiro atoms. The molecule has 4 heteroatoms. The zero-order chi connectivity index (χ0) is 11.4. The van der Waals surface area contributed by atoms with Gasteiger partial charge in [0.15, 0.2) is 0 Å². The van der Waals surface area contributed by atoms with Crippen molar-refractivity contribution in [1.82, 2.24) is 5.32 Å². The Kier molecular flexibility index (Phi) is 4.29. The van der Waals surface area contributed by atoms with Gasteiger partial charge in [0.25, 0.3) is 0 Å². The van der Waals surface area contributed by atoms with Gasteiger partial charge in [-0.05, 0) is 25.5 Å². The summed E-state index contributed by atoms with van der Waals surface area (Å²) in [4.78, 5) is 11.4. The van der Waals surface area contributed by atoms with Gasteiger partial charge in [-0.25, -0.2) is 0 Å². The van der Waals surface area contributed by atoms with Crippen LogP contribution in [0, 0.1) is 0 Å². The van der Waals surface area contributed by atoms with E-state index in [1.807, 2.05) is 31.2 Å². The SMILES string of the molecule is CC(N)C(=O)N[C@H](C)c1ccccc1Br. The number of nitrogens with two attached hydrogens (primary N) is 1. The Labute approximate surface area is 98.2 Å². The third-order valence-electron chi connectivity index (χ3n) is 2.14. The van der Waals surface area contributed by atoms with Gasteiger partial charge in [0.1, 0.15) is 0 Å². The summed E-state index contributed by atoms with van der Waals surface area (Å²) in [6.07, 6.45) is 0. The van der Waals surface area contributed by atoms with Gasteiger partial charge in [0, 0.05) is 4.47 Å². The summed E-state index contributed by atoms with van der Waals surface area (Å²) in [6.45, 7) is 3.60. The van der Waals surface area contributed by atoms with Crippen molar-refractivity contribution in [3.05, 3.63) is 34.3 Å². The van der Waals surface area contributed by atoms with Gasteiger partial charge in [-0.2, -0.15) is 0 Å². The molecular weight excluding hydrogens is 256 g/mol. The average molecular weight is 271 g/mol. The molecule has 1 amide bonds. The maximum absolute atomic E-state index is 11.4. The van der Waals surface area contributed by atoms with E-state index in [-0.39, 0.29) is 11.9 Å². The third-order valence-corrected chi connectivity index (χ3v) is 2.87. The zero-order valence-corrected chi connectivity index (χ0v) is 10.4. The van der Waals surface area contributed by atoms with Crippen molar-refractivity contribution in [3.8, 4) is 0 Å². The Bertz CT molecular complexity index is 352. The number of carbonyl (C=O) groups is 1. The predicted octanol–water partition coefficient (Wildman–Crippen LogP) is 1.97. The summed E-state index contributed by atoms with van der Waals surface area (Å²) in [7, 11) is 0. The first kappa shape index (κ1) is 12.2. The molecule has 0 aliphatic heterocycles. The van der Waals surface area contributed by atoms with Crippen molar-refractivity contribution < 1.29 is 4.79 Å². The summed E-state index contributed by atoms with van der Waals surface area (Å²) in [5, 5.41) is 2.84. The van der Waals surface area contributed by atoms with E-state index in [1.54, 1.807) is 6.92 Å². The van der Waals surface area contributed by atoms with Crippen LogP contribution in [0.5, 0.6) is 0 Å². The molecule has 3 nitrogen and oxygen atoms in total. The Morgan fingerprint density at radius 2 is 2.00 bits per heavy atom. The minimum Gasteiger partial charge on any atom is -0.348 e. The van der Waals surface area contributed by atoms with Gasteiger partial charge in [-0.15, -0.1) is 0 Å². The highest BCUT2D eigenvalue weighted by molar-refractivity contribution is 9.10. The molecule has 0 aliphatic carbocycles. The molecule has 0 radical (unpaired) electrons. The van der Waals surface area contributed by atoms with Crippen LogP contribution in [0.15, 0.2) is 28.7 Å². The lowest BCUT2D eigenvalue weighted by Crippen LogP contribution is -2.39. The van der Waals surface area contributed by atoms with E-state index in [4.69, 9.17) is 5.73 Å². The standard InChI is InChI=1S/C11H15BrN2O/c1-7(13)11(15)14-8(2)9-5-3-4-6-10(9)12/h3-8H,13H2,1-2H3,(H,14,15)/t7?,8-/m1/s1. The topological polar surface area (TPSA) is 55.1 Å². The highest BCUT2D eigenvalue weighted by Crippen LogP contribution is 2.22. The average Bonchev–Trinajstić information content (AvgIpc) is 2.18. The lowest BCUT2D eigenvalue weighted by Gasteiger charge is -2.17. The quantitative estimate of drug-likeness (QED) is 0.883. The van der Waals surface area contributed by atoms with Crippen molar-refractivity contribution in [2.45, 2.75) is 25.9 Å². The van der Waals surface area contributed by atoms with Crippen molar-refractivity contribution in [1.29, 1.82) is 0 Å². The molecular formula is C11H15BrN2O. The van der Waals surface area contributed by atoms with E-state index in [2.05, 4.69) is 21.2 Å². The molecule has 0 heterocycles. The second kappa shape index (κ2) is 5.28. The molecule has 15 heavy (non-hydrogen) atoms. The van der Waals surface area contributed by atoms with E-state index in [9.17, 15) is 4.79 Å². The summed E-state index contributed by atoms with van der Waals surface area (Å²) in [6, 6.07) is 7.27. The van der Waals surface area contributed by atoms with Crippen LogP contribution >= 0.6 is 15.9 Å². The Morgan fingerprint density at radius 1 is 1.40 bits per heavy atom. The number of rotatable bonds is 3. The minimum absolute atomic E-state index is 0.0425. The highest BCUT2D eigenvalue weighted by atomic mass is 79.9. The number of hydrogen-bond donors (Lipinski definition) is 2. The lowest BCUT2D eigenvalue weighted by atomic mass is 10.1. The molecule has 0 saturated carbocycles. The van der Waals surface area contributed by atoms with E-state index >= 15 is 0 Å². The number of halogens is 1. The fourth-order valence-electron chi connectivity index (χ4n) is 1.25. The van der Waals surface area contributed by atoms with E-state index in [0.717, 1.165) is 10.0 Å². The van der Waals surface area contributed by atoms with Crippen LogP contribution in [0.25, 0.3) is 0 Å². The zero-order valence-electron chi connectivity index (χ0n) is 8.83. The van der Waals surface area contributed by atoms with E-state index in [0.29, 0.717) is 0 Å². The largest absolute Gasteiger partial charge is 0.348 e. The van der Waals surface area contributed by atoms with Crippen LogP contribution in [0.3, 0.4) is 0 Å². The molecule has 82 valence electrons. The first-order valence-corrected chi connectivity index (χ1v) is 5.62. The van der Waals surface area contributed by atoms with Gasteiger partial charge in [0.2, 0.25) is 5.91 Å². The maximum Gasteiger partial charge on any atom is 0.237 e. The van der Waals surface area contributed by atoms with Gasteiger partial charge in [-0.1, -0.05) is 34.1 Å². The summed E-state index contributed by atoms with van der Waals surface area (Å²) < 4.78 is 0.988. The predicted molar refractivity (Wildman–Crippen MR) is 64.3 cm³/mol. The van der Waals surface area contributed by atoms with Gasteiger partial charge < -0.3 is 11.1 Å². The Balaban J connectivity index is 2.73. The smallest absolute Gasteiger partial charge is 0.237 e. The molecule has 1 aromatic carbocycles. The maximum atomic E-state index is 11.4.